The van der Waals surface area contributed by atoms with E-state index in [1.165, 1.54) is 11.1 Å². The van der Waals surface area contributed by atoms with Crippen molar-refractivity contribution in [1.82, 2.24) is 5.32 Å². The number of benzene rings is 1. The van der Waals surface area contributed by atoms with Crippen LogP contribution in [0.2, 0.25) is 0 Å². The van der Waals surface area contributed by atoms with Crippen molar-refractivity contribution in [2.75, 3.05) is 6.54 Å². The Morgan fingerprint density at radius 2 is 1.84 bits per heavy atom. The van der Waals surface area contributed by atoms with Crippen LogP contribution in [0, 0.1) is 0 Å². The average Bonchev–Trinajstić information content (AvgIpc) is 2.33. The van der Waals surface area contributed by atoms with Gasteiger partial charge in [-0.05, 0) is 36.4 Å². The van der Waals surface area contributed by atoms with E-state index in [9.17, 15) is 4.79 Å². The largest absolute Gasteiger partial charge is 0.481 e. The van der Waals surface area contributed by atoms with Crippen LogP contribution in [-0.2, 0) is 10.2 Å². The molecule has 0 fully saturated rings. The molecule has 0 spiro atoms. The molecular weight excluding hydrogens is 238 g/mol. The van der Waals surface area contributed by atoms with Gasteiger partial charge in [-0.15, -0.1) is 0 Å². The third kappa shape index (κ3) is 5.43. The van der Waals surface area contributed by atoms with Crippen molar-refractivity contribution in [2.24, 2.45) is 0 Å². The Morgan fingerprint density at radius 1 is 1.26 bits per heavy atom. The standard InChI is InChI=1S/C16H25NO2/c1-12(17-11-5-6-15(18)19)13-7-9-14(10-8-13)16(2,3)4/h7-10,12,17H,5-6,11H2,1-4H3,(H,18,19). The predicted octanol–water partition coefficient (Wildman–Crippen LogP) is 3.50. The lowest BCUT2D eigenvalue weighted by atomic mass is 9.86. The van der Waals surface area contributed by atoms with Gasteiger partial charge in [0.2, 0.25) is 0 Å². The summed E-state index contributed by atoms with van der Waals surface area (Å²) in [6, 6.07) is 8.89. The van der Waals surface area contributed by atoms with Crippen LogP contribution in [0.4, 0.5) is 0 Å². The van der Waals surface area contributed by atoms with Gasteiger partial charge in [0.05, 0.1) is 0 Å². The molecule has 0 amide bonds. The van der Waals surface area contributed by atoms with E-state index in [1.54, 1.807) is 0 Å². The normalized spacial score (nSPS) is 13.3. The van der Waals surface area contributed by atoms with E-state index in [0.717, 1.165) is 6.54 Å². The molecule has 0 radical (unpaired) electrons. The fourth-order valence-electron chi connectivity index (χ4n) is 1.95. The first-order valence-corrected chi connectivity index (χ1v) is 6.86. The van der Waals surface area contributed by atoms with Crippen LogP contribution in [-0.4, -0.2) is 17.6 Å². The number of nitrogens with one attached hydrogen (secondary N) is 1. The van der Waals surface area contributed by atoms with Gasteiger partial charge in [-0.1, -0.05) is 45.0 Å². The number of hydrogen-bond acceptors (Lipinski definition) is 2. The Balaban J connectivity index is 2.49. The molecule has 0 aliphatic rings. The van der Waals surface area contributed by atoms with E-state index in [2.05, 4.69) is 57.3 Å². The zero-order chi connectivity index (χ0) is 14.5. The second kappa shape index (κ2) is 6.71. The summed E-state index contributed by atoms with van der Waals surface area (Å²) in [7, 11) is 0. The summed E-state index contributed by atoms with van der Waals surface area (Å²) in [4.78, 5) is 10.4. The molecular formula is C16H25NO2. The summed E-state index contributed by atoms with van der Waals surface area (Å²) in [5, 5.41) is 11.9. The Labute approximate surface area is 116 Å². The lowest BCUT2D eigenvalue weighted by Gasteiger charge is -2.20. The van der Waals surface area contributed by atoms with Crippen LogP contribution in [0.15, 0.2) is 24.3 Å². The Kier molecular flexibility index (Phi) is 5.55. The molecule has 1 atom stereocenters. The lowest BCUT2D eigenvalue weighted by Crippen LogP contribution is -2.20. The second-order valence-corrected chi connectivity index (χ2v) is 6.05. The van der Waals surface area contributed by atoms with E-state index in [4.69, 9.17) is 5.11 Å². The Hall–Kier alpha value is -1.35. The molecule has 0 saturated carbocycles. The first-order valence-electron chi connectivity index (χ1n) is 6.86. The smallest absolute Gasteiger partial charge is 0.303 e. The van der Waals surface area contributed by atoms with Crippen molar-refractivity contribution in [1.29, 1.82) is 0 Å². The molecule has 106 valence electrons. The third-order valence-corrected chi connectivity index (χ3v) is 3.29. The Morgan fingerprint density at radius 3 is 2.32 bits per heavy atom. The molecule has 0 aliphatic heterocycles. The van der Waals surface area contributed by atoms with E-state index < -0.39 is 5.97 Å². The van der Waals surface area contributed by atoms with E-state index in [-0.39, 0.29) is 17.9 Å². The van der Waals surface area contributed by atoms with Crippen LogP contribution in [0.1, 0.15) is 57.7 Å². The van der Waals surface area contributed by atoms with Crippen molar-refractivity contribution < 1.29 is 9.90 Å². The number of hydrogen-bond donors (Lipinski definition) is 2. The zero-order valence-electron chi connectivity index (χ0n) is 12.4. The van der Waals surface area contributed by atoms with E-state index in [0.29, 0.717) is 6.42 Å². The second-order valence-electron chi connectivity index (χ2n) is 6.05. The highest BCUT2D eigenvalue weighted by atomic mass is 16.4. The summed E-state index contributed by atoms with van der Waals surface area (Å²) in [6.07, 6.45) is 0.891. The highest BCUT2D eigenvalue weighted by molar-refractivity contribution is 5.66. The van der Waals surface area contributed by atoms with Gasteiger partial charge in [0.25, 0.3) is 0 Å². The van der Waals surface area contributed by atoms with Gasteiger partial charge in [0.15, 0.2) is 0 Å². The summed E-state index contributed by atoms with van der Waals surface area (Å²) < 4.78 is 0. The monoisotopic (exact) mass is 263 g/mol. The average molecular weight is 263 g/mol. The van der Waals surface area contributed by atoms with Gasteiger partial charge in [-0.2, -0.15) is 0 Å². The molecule has 0 saturated heterocycles. The van der Waals surface area contributed by atoms with Crippen LogP contribution in [0.3, 0.4) is 0 Å². The molecule has 0 aliphatic carbocycles. The van der Waals surface area contributed by atoms with Crippen LogP contribution >= 0.6 is 0 Å². The van der Waals surface area contributed by atoms with Gasteiger partial charge in [0, 0.05) is 12.5 Å². The molecule has 2 N–H and O–H groups in total. The quantitative estimate of drug-likeness (QED) is 0.772. The van der Waals surface area contributed by atoms with Gasteiger partial charge in [0.1, 0.15) is 0 Å². The minimum Gasteiger partial charge on any atom is -0.481 e. The first-order chi connectivity index (χ1) is 8.80. The summed E-state index contributed by atoms with van der Waals surface area (Å²) in [5.41, 5.74) is 2.74. The number of rotatable bonds is 6. The molecule has 3 heteroatoms. The van der Waals surface area contributed by atoms with Crippen LogP contribution in [0.5, 0.6) is 0 Å². The third-order valence-electron chi connectivity index (χ3n) is 3.29. The summed E-state index contributed by atoms with van der Waals surface area (Å²) >= 11 is 0. The van der Waals surface area contributed by atoms with Gasteiger partial charge in [-0.3, -0.25) is 4.79 Å². The van der Waals surface area contributed by atoms with Gasteiger partial charge < -0.3 is 10.4 Å². The van der Waals surface area contributed by atoms with E-state index >= 15 is 0 Å². The number of aliphatic carboxylic acids is 1. The minimum atomic E-state index is -0.732. The molecule has 1 unspecified atom stereocenters. The molecule has 1 rings (SSSR count). The maximum absolute atomic E-state index is 10.4. The van der Waals surface area contributed by atoms with E-state index in [1.807, 2.05) is 0 Å². The zero-order valence-corrected chi connectivity index (χ0v) is 12.4. The fourth-order valence-corrected chi connectivity index (χ4v) is 1.95. The van der Waals surface area contributed by atoms with Crippen molar-refractivity contribution in [2.45, 2.75) is 52.0 Å². The summed E-state index contributed by atoms with van der Waals surface area (Å²) in [5.74, 6) is -0.732. The molecule has 0 aromatic heterocycles. The SMILES string of the molecule is CC(NCCCC(=O)O)c1ccc(C(C)(C)C)cc1. The highest BCUT2D eigenvalue weighted by Crippen LogP contribution is 2.23. The molecule has 1 aromatic rings. The minimum absolute atomic E-state index is 0.177. The number of carbonyl (C=O) groups is 1. The predicted molar refractivity (Wildman–Crippen MR) is 78.4 cm³/mol. The van der Waals surface area contributed by atoms with Gasteiger partial charge >= 0.3 is 5.97 Å². The summed E-state index contributed by atoms with van der Waals surface area (Å²) in [6.45, 7) is 9.45. The maximum atomic E-state index is 10.4. The molecule has 1 aromatic carbocycles. The Bertz CT molecular complexity index is 404. The molecule has 0 bridgehead atoms. The van der Waals surface area contributed by atoms with Crippen LogP contribution < -0.4 is 5.32 Å². The van der Waals surface area contributed by atoms with Crippen molar-refractivity contribution >= 4 is 5.97 Å². The number of carboxylic acid groups (broad SMARTS) is 1. The fraction of sp³-hybridized carbons (Fsp3) is 0.562. The maximum Gasteiger partial charge on any atom is 0.303 e. The molecule has 19 heavy (non-hydrogen) atoms. The topological polar surface area (TPSA) is 49.3 Å². The van der Waals surface area contributed by atoms with Crippen molar-refractivity contribution in [3.05, 3.63) is 35.4 Å². The highest BCUT2D eigenvalue weighted by Gasteiger charge is 2.13. The van der Waals surface area contributed by atoms with Crippen molar-refractivity contribution in [3.8, 4) is 0 Å². The number of carboxylic acids is 1. The van der Waals surface area contributed by atoms with Gasteiger partial charge in [-0.25, -0.2) is 0 Å². The molecule has 0 heterocycles. The lowest BCUT2D eigenvalue weighted by molar-refractivity contribution is -0.137. The van der Waals surface area contributed by atoms with Crippen molar-refractivity contribution in [3.63, 3.8) is 0 Å². The molecule has 3 nitrogen and oxygen atoms in total. The van der Waals surface area contributed by atoms with Crippen LogP contribution in [0.25, 0.3) is 0 Å². The first kappa shape index (κ1) is 15.7.